The van der Waals surface area contributed by atoms with E-state index in [1.165, 1.54) is 18.1 Å². The molecule has 0 aromatic carbocycles. The molecule has 0 saturated carbocycles. The number of nitrogens with one attached hydrogen (secondary N) is 1. The molecule has 1 rings (SSSR count). The lowest BCUT2D eigenvalue weighted by atomic mass is 10.2. The average molecular weight is 328 g/mol. The Labute approximate surface area is 135 Å². The van der Waals surface area contributed by atoms with Crippen LogP contribution in [-0.2, 0) is 19.0 Å². The Balaban J connectivity index is 2.74. The standard InChI is InChI=1S/C15H24N2O6/c1-6-7-22-13(19)16-10-8-11(12(18)21-5)17(9-10)14(20)23-15(2,3)4/h6,10-11H,1,7-9H2,2-5H3,(H,16,19)/t10-,11+/m0/s1. The van der Waals surface area contributed by atoms with Gasteiger partial charge in [-0.2, -0.15) is 0 Å². The maximum Gasteiger partial charge on any atom is 0.411 e. The number of methoxy groups -OCH3 is 1. The molecular weight excluding hydrogens is 304 g/mol. The van der Waals surface area contributed by atoms with Crippen molar-refractivity contribution < 1.29 is 28.6 Å². The molecule has 1 N–H and O–H groups in total. The van der Waals surface area contributed by atoms with Gasteiger partial charge in [0, 0.05) is 13.0 Å². The van der Waals surface area contributed by atoms with E-state index in [4.69, 9.17) is 14.2 Å². The minimum absolute atomic E-state index is 0.0781. The van der Waals surface area contributed by atoms with E-state index >= 15 is 0 Å². The van der Waals surface area contributed by atoms with Crippen molar-refractivity contribution in [3.05, 3.63) is 12.7 Å². The van der Waals surface area contributed by atoms with Crippen molar-refractivity contribution in [2.45, 2.75) is 44.9 Å². The number of alkyl carbamates (subject to hydrolysis) is 1. The minimum atomic E-state index is -0.806. The molecule has 0 aromatic heterocycles. The van der Waals surface area contributed by atoms with Crippen LogP contribution in [0.5, 0.6) is 0 Å². The smallest absolute Gasteiger partial charge is 0.411 e. The Morgan fingerprint density at radius 1 is 1.35 bits per heavy atom. The second kappa shape index (κ2) is 7.85. The fraction of sp³-hybridized carbons (Fsp3) is 0.667. The zero-order valence-electron chi connectivity index (χ0n) is 14.0. The highest BCUT2D eigenvalue weighted by Gasteiger charge is 2.42. The van der Waals surface area contributed by atoms with Crippen LogP contribution in [0.3, 0.4) is 0 Å². The molecule has 1 aliphatic rings. The number of likely N-dealkylation sites (tertiary alicyclic amines) is 1. The molecule has 1 aliphatic heterocycles. The van der Waals surface area contributed by atoms with Gasteiger partial charge in [0.05, 0.1) is 13.2 Å². The van der Waals surface area contributed by atoms with E-state index in [2.05, 4.69) is 11.9 Å². The number of amides is 2. The summed E-state index contributed by atoms with van der Waals surface area (Å²) in [5.74, 6) is -0.556. The number of nitrogens with zero attached hydrogens (tertiary/aromatic N) is 1. The molecule has 0 aromatic rings. The van der Waals surface area contributed by atoms with Crippen LogP contribution in [0.1, 0.15) is 27.2 Å². The summed E-state index contributed by atoms with van der Waals surface area (Å²) in [6, 6.07) is -1.23. The highest BCUT2D eigenvalue weighted by molar-refractivity contribution is 5.82. The molecular formula is C15H24N2O6. The Hall–Kier alpha value is -2.25. The minimum Gasteiger partial charge on any atom is -0.467 e. The van der Waals surface area contributed by atoms with Crippen molar-refractivity contribution in [1.82, 2.24) is 10.2 Å². The fourth-order valence-corrected chi connectivity index (χ4v) is 2.17. The molecule has 0 aliphatic carbocycles. The summed E-state index contributed by atoms with van der Waals surface area (Å²) < 4.78 is 14.8. The predicted molar refractivity (Wildman–Crippen MR) is 81.8 cm³/mol. The first-order valence-corrected chi connectivity index (χ1v) is 7.29. The quantitative estimate of drug-likeness (QED) is 0.477. The van der Waals surface area contributed by atoms with Gasteiger partial charge in [-0.05, 0) is 20.8 Å². The van der Waals surface area contributed by atoms with Crippen LogP contribution in [0, 0.1) is 0 Å². The zero-order valence-corrected chi connectivity index (χ0v) is 14.0. The van der Waals surface area contributed by atoms with E-state index in [9.17, 15) is 14.4 Å². The van der Waals surface area contributed by atoms with E-state index in [0.29, 0.717) is 0 Å². The van der Waals surface area contributed by atoms with E-state index in [1.807, 2.05) is 0 Å². The SMILES string of the molecule is C=CCOC(=O)N[C@H]1C[C@H](C(=O)OC)N(C(=O)OC(C)(C)C)C1. The summed E-state index contributed by atoms with van der Waals surface area (Å²) in [7, 11) is 1.24. The van der Waals surface area contributed by atoms with E-state index in [1.54, 1.807) is 20.8 Å². The summed E-state index contributed by atoms with van der Waals surface area (Å²) in [6.07, 6.45) is 0.411. The number of esters is 1. The third kappa shape index (κ3) is 5.80. The zero-order chi connectivity index (χ0) is 17.6. The van der Waals surface area contributed by atoms with Gasteiger partial charge in [0.15, 0.2) is 0 Å². The lowest BCUT2D eigenvalue weighted by molar-refractivity contribution is -0.145. The van der Waals surface area contributed by atoms with Crippen molar-refractivity contribution >= 4 is 18.2 Å². The molecule has 1 fully saturated rings. The lowest BCUT2D eigenvalue weighted by Gasteiger charge is -2.27. The number of hydrogen-bond acceptors (Lipinski definition) is 6. The molecule has 1 saturated heterocycles. The van der Waals surface area contributed by atoms with Crippen molar-refractivity contribution in [3.8, 4) is 0 Å². The summed E-state index contributed by atoms with van der Waals surface area (Å²) in [6.45, 7) is 8.86. The van der Waals surface area contributed by atoms with Crippen molar-refractivity contribution in [3.63, 3.8) is 0 Å². The third-order valence-corrected chi connectivity index (χ3v) is 3.06. The first-order chi connectivity index (χ1) is 10.7. The first-order valence-electron chi connectivity index (χ1n) is 7.29. The number of ether oxygens (including phenoxy) is 3. The normalized spacial score (nSPS) is 20.6. The van der Waals surface area contributed by atoms with Crippen LogP contribution >= 0.6 is 0 Å². The second-order valence-corrected chi connectivity index (χ2v) is 6.14. The Morgan fingerprint density at radius 3 is 2.52 bits per heavy atom. The van der Waals surface area contributed by atoms with Crippen molar-refractivity contribution in [2.75, 3.05) is 20.3 Å². The highest BCUT2D eigenvalue weighted by atomic mass is 16.6. The van der Waals surface area contributed by atoms with Crippen LogP contribution in [0.2, 0.25) is 0 Å². The molecule has 0 unspecified atom stereocenters. The van der Waals surface area contributed by atoms with Gasteiger partial charge < -0.3 is 19.5 Å². The van der Waals surface area contributed by atoms with Crippen LogP contribution in [0.15, 0.2) is 12.7 Å². The van der Waals surface area contributed by atoms with Gasteiger partial charge >= 0.3 is 18.2 Å². The van der Waals surface area contributed by atoms with Crippen LogP contribution < -0.4 is 5.32 Å². The molecule has 0 spiro atoms. The molecule has 0 bridgehead atoms. The van der Waals surface area contributed by atoms with E-state index in [-0.39, 0.29) is 19.6 Å². The third-order valence-electron chi connectivity index (χ3n) is 3.06. The summed E-state index contributed by atoms with van der Waals surface area (Å²) in [4.78, 5) is 36.9. The number of rotatable bonds is 4. The topological polar surface area (TPSA) is 94.2 Å². The lowest BCUT2D eigenvalue weighted by Crippen LogP contribution is -2.44. The van der Waals surface area contributed by atoms with E-state index < -0.39 is 35.8 Å². The number of carbonyl (C=O) groups is 3. The molecule has 2 amide bonds. The van der Waals surface area contributed by atoms with Gasteiger partial charge in [-0.3, -0.25) is 4.90 Å². The molecule has 1 heterocycles. The van der Waals surface area contributed by atoms with Crippen LogP contribution in [0.4, 0.5) is 9.59 Å². The largest absolute Gasteiger partial charge is 0.467 e. The van der Waals surface area contributed by atoms with Gasteiger partial charge in [0.25, 0.3) is 0 Å². The van der Waals surface area contributed by atoms with Gasteiger partial charge in [0.1, 0.15) is 18.2 Å². The van der Waals surface area contributed by atoms with Crippen molar-refractivity contribution in [1.29, 1.82) is 0 Å². The average Bonchev–Trinajstić information content (AvgIpc) is 2.86. The monoisotopic (exact) mass is 328 g/mol. The Kier molecular flexibility index (Phi) is 6.41. The number of hydrogen-bond donors (Lipinski definition) is 1. The fourth-order valence-electron chi connectivity index (χ4n) is 2.17. The maximum absolute atomic E-state index is 12.2. The Morgan fingerprint density at radius 2 is 2.00 bits per heavy atom. The Bertz CT molecular complexity index is 471. The second-order valence-electron chi connectivity index (χ2n) is 6.14. The molecule has 8 nitrogen and oxygen atoms in total. The van der Waals surface area contributed by atoms with Gasteiger partial charge in [0.2, 0.25) is 0 Å². The maximum atomic E-state index is 12.2. The van der Waals surface area contributed by atoms with E-state index in [0.717, 1.165) is 0 Å². The van der Waals surface area contributed by atoms with Crippen molar-refractivity contribution in [2.24, 2.45) is 0 Å². The highest BCUT2D eigenvalue weighted by Crippen LogP contribution is 2.22. The number of carbonyl (C=O) groups excluding carboxylic acids is 3. The summed E-state index contributed by atoms with van der Waals surface area (Å²) in [5, 5.41) is 2.60. The van der Waals surface area contributed by atoms with Gasteiger partial charge in [-0.1, -0.05) is 12.7 Å². The molecule has 2 atom stereocenters. The predicted octanol–water partition coefficient (Wildman–Crippen LogP) is 1.45. The summed E-state index contributed by atoms with van der Waals surface area (Å²) in [5.41, 5.74) is -0.688. The first kappa shape index (κ1) is 18.8. The van der Waals surface area contributed by atoms with Gasteiger partial charge in [-0.25, -0.2) is 14.4 Å². The molecule has 23 heavy (non-hydrogen) atoms. The molecule has 0 radical (unpaired) electrons. The van der Waals surface area contributed by atoms with Gasteiger partial charge in [-0.15, -0.1) is 0 Å². The molecule has 130 valence electrons. The van der Waals surface area contributed by atoms with Crippen LogP contribution in [0.25, 0.3) is 0 Å². The van der Waals surface area contributed by atoms with Crippen LogP contribution in [-0.4, -0.2) is 61.0 Å². The molecule has 8 heteroatoms. The summed E-state index contributed by atoms with van der Waals surface area (Å²) >= 11 is 0.